The molecule has 0 spiro atoms. The van der Waals surface area contributed by atoms with Crippen LogP contribution in [0, 0.1) is 5.82 Å². The Morgan fingerprint density at radius 2 is 1.91 bits per heavy atom. The number of para-hydroxylation sites is 1. The van der Waals surface area contributed by atoms with E-state index in [2.05, 4.69) is 10.0 Å². The van der Waals surface area contributed by atoms with Gasteiger partial charge in [0.05, 0.1) is 21.2 Å². The summed E-state index contributed by atoms with van der Waals surface area (Å²) in [6.07, 6.45) is 0. The number of anilines is 1. The average molecular weight is 357 g/mol. The van der Waals surface area contributed by atoms with Gasteiger partial charge in [0.2, 0.25) is 10.0 Å². The van der Waals surface area contributed by atoms with Crippen LogP contribution < -0.4 is 10.0 Å². The lowest BCUT2D eigenvalue weighted by Crippen LogP contribution is -2.24. The SMILES string of the molecule is CCNS(=O)(=O)c1ccc(F)c(C(=O)Nc2ccccc2Cl)c1. The van der Waals surface area contributed by atoms with Crippen molar-refractivity contribution < 1.29 is 17.6 Å². The molecule has 122 valence electrons. The molecule has 0 atom stereocenters. The molecule has 0 aliphatic carbocycles. The van der Waals surface area contributed by atoms with Crippen molar-refractivity contribution in [2.75, 3.05) is 11.9 Å². The molecule has 0 unspecified atom stereocenters. The Kier molecular flexibility index (Phi) is 5.35. The summed E-state index contributed by atoms with van der Waals surface area (Å²) in [5, 5.41) is 2.74. The number of carbonyl (C=O) groups excluding carboxylic acids is 1. The van der Waals surface area contributed by atoms with Gasteiger partial charge in [0, 0.05) is 6.54 Å². The van der Waals surface area contributed by atoms with E-state index in [1.54, 1.807) is 31.2 Å². The molecule has 1 amide bonds. The first-order valence-corrected chi connectivity index (χ1v) is 8.56. The Morgan fingerprint density at radius 1 is 1.22 bits per heavy atom. The van der Waals surface area contributed by atoms with E-state index in [4.69, 9.17) is 11.6 Å². The van der Waals surface area contributed by atoms with Gasteiger partial charge in [-0.2, -0.15) is 0 Å². The Balaban J connectivity index is 2.36. The lowest BCUT2D eigenvalue weighted by atomic mass is 10.2. The number of benzene rings is 2. The highest BCUT2D eigenvalue weighted by Gasteiger charge is 2.19. The van der Waals surface area contributed by atoms with Gasteiger partial charge < -0.3 is 5.32 Å². The summed E-state index contributed by atoms with van der Waals surface area (Å²) in [5.74, 6) is -1.62. The van der Waals surface area contributed by atoms with Crippen LogP contribution in [0.2, 0.25) is 5.02 Å². The summed E-state index contributed by atoms with van der Waals surface area (Å²) in [4.78, 5) is 12.0. The molecule has 2 aromatic rings. The number of carbonyl (C=O) groups is 1. The van der Waals surface area contributed by atoms with Crippen molar-refractivity contribution in [3.05, 3.63) is 58.9 Å². The quantitative estimate of drug-likeness (QED) is 0.864. The first-order valence-electron chi connectivity index (χ1n) is 6.70. The van der Waals surface area contributed by atoms with Crippen molar-refractivity contribution >= 4 is 33.2 Å². The number of sulfonamides is 1. The molecule has 0 aliphatic rings. The van der Waals surface area contributed by atoms with Crippen LogP contribution in [0.1, 0.15) is 17.3 Å². The fourth-order valence-corrected chi connectivity index (χ4v) is 3.12. The van der Waals surface area contributed by atoms with E-state index in [0.29, 0.717) is 5.69 Å². The predicted octanol–water partition coefficient (Wildman–Crippen LogP) is 3.03. The minimum absolute atomic E-state index is 0.181. The van der Waals surface area contributed by atoms with Gasteiger partial charge in [0.25, 0.3) is 5.91 Å². The second-order valence-electron chi connectivity index (χ2n) is 4.58. The Labute approximate surface area is 138 Å². The van der Waals surface area contributed by atoms with Gasteiger partial charge >= 0.3 is 0 Å². The second-order valence-corrected chi connectivity index (χ2v) is 6.75. The molecular formula is C15H14ClFN2O3S. The molecule has 0 saturated heterocycles. The fourth-order valence-electron chi connectivity index (χ4n) is 1.87. The zero-order valence-corrected chi connectivity index (χ0v) is 13.7. The number of nitrogens with one attached hydrogen (secondary N) is 2. The van der Waals surface area contributed by atoms with Crippen molar-refractivity contribution in [1.82, 2.24) is 4.72 Å². The average Bonchev–Trinajstić information content (AvgIpc) is 2.49. The minimum atomic E-state index is -3.79. The van der Waals surface area contributed by atoms with Crippen LogP contribution in [0.5, 0.6) is 0 Å². The maximum atomic E-state index is 13.9. The molecule has 0 aromatic heterocycles. The maximum absolute atomic E-state index is 13.9. The molecular weight excluding hydrogens is 343 g/mol. The van der Waals surface area contributed by atoms with Gasteiger partial charge in [-0.15, -0.1) is 0 Å². The number of halogens is 2. The minimum Gasteiger partial charge on any atom is -0.321 e. The highest BCUT2D eigenvalue weighted by molar-refractivity contribution is 7.89. The van der Waals surface area contributed by atoms with Crippen LogP contribution in [0.15, 0.2) is 47.4 Å². The summed E-state index contributed by atoms with van der Waals surface area (Å²) in [5.41, 5.74) is -0.0811. The summed E-state index contributed by atoms with van der Waals surface area (Å²) < 4.78 is 40.1. The number of hydrogen-bond donors (Lipinski definition) is 2. The molecule has 0 saturated carbocycles. The van der Waals surface area contributed by atoms with Crippen LogP contribution >= 0.6 is 11.6 Å². The van der Waals surface area contributed by atoms with Gasteiger partial charge in [-0.25, -0.2) is 17.5 Å². The van der Waals surface area contributed by atoms with E-state index in [0.717, 1.165) is 18.2 Å². The van der Waals surface area contributed by atoms with E-state index < -0.39 is 21.7 Å². The molecule has 0 bridgehead atoms. The van der Waals surface area contributed by atoms with Crippen LogP contribution in [0.4, 0.5) is 10.1 Å². The first kappa shape index (κ1) is 17.4. The molecule has 2 N–H and O–H groups in total. The lowest BCUT2D eigenvalue weighted by Gasteiger charge is -2.10. The van der Waals surface area contributed by atoms with Crippen molar-refractivity contribution in [3.63, 3.8) is 0 Å². The Morgan fingerprint density at radius 3 is 2.57 bits per heavy atom. The van der Waals surface area contributed by atoms with Gasteiger partial charge in [0.1, 0.15) is 5.82 Å². The van der Waals surface area contributed by atoms with Crippen LogP contribution in [0.25, 0.3) is 0 Å². The summed E-state index contributed by atoms with van der Waals surface area (Å²) >= 11 is 5.93. The number of hydrogen-bond acceptors (Lipinski definition) is 3. The van der Waals surface area contributed by atoms with Gasteiger partial charge in [-0.1, -0.05) is 30.7 Å². The summed E-state index contributed by atoms with van der Waals surface area (Å²) in [6.45, 7) is 1.80. The monoisotopic (exact) mass is 356 g/mol. The van der Waals surface area contributed by atoms with E-state index in [1.165, 1.54) is 0 Å². The van der Waals surface area contributed by atoms with E-state index >= 15 is 0 Å². The zero-order chi connectivity index (χ0) is 17.0. The number of amides is 1. The van der Waals surface area contributed by atoms with Crippen molar-refractivity contribution in [3.8, 4) is 0 Å². The largest absolute Gasteiger partial charge is 0.321 e. The molecule has 8 heteroatoms. The third-order valence-electron chi connectivity index (χ3n) is 2.95. The second kappa shape index (κ2) is 7.08. The lowest BCUT2D eigenvalue weighted by molar-refractivity contribution is 0.102. The number of rotatable bonds is 5. The first-order chi connectivity index (χ1) is 10.8. The highest BCUT2D eigenvalue weighted by atomic mass is 35.5. The van der Waals surface area contributed by atoms with Crippen LogP contribution in [0.3, 0.4) is 0 Å². The summed E-state index contributed by atoms with van der Waals surface area (Å²) in [6, 6.07) is 9.48. The summed E-state index contributed by atoms with van der Waals surface area (Å²) in [7, 11) is -3.79. The van der Waals surface area contributed by atoms with Crippen molar-refractivity contribution in [2.45, 2.75) is 11.8 Å². The molecule has 0 aliphatic heterocycles. The van der Waals surface area contributed by atoms with Crippen LogP contribution in [-0.4, -0.2) is 20.9 Å². The molecule has 5 nitrogen and oxygen atoms in total. The van der Waals surface area contributed by atoms with E-state index in [1.807, 2.05) is 0 Å². The third kappa shape index (κ3) is 4.07. The molecule has 2 rings (SSSR count). The molecule has 0 heterocycles. The Hall–Kier alpha value is -1.96. The Bertz CT molecular complexity index is 840. The van der Waals surface area contributed by atoms with Gasteiger partial charge in [-0.05, 0) is 30.3 Å². The normalized spacial score (nSPS) is 11.3. The molecule has 0 fully saturated rings. The highest BCUT2D eigenvalue weighted by Crippen LogP contribution is 2.22. The van der Waals surface area contributed by atoms with Gasteiger partial charge in [0.15, 0.2) is 0 Å². The van der Waals surface area contributed by atoms with Gasteiger partial charge in [-0.3, -0.25) is 4.79 Å². The smallest absolute Gasteiger partial charge is 0.258 e. The molecule has 23 heavy (non-hydrogen) atoms. The van der Waals surface area contributed by atoms with Crippen molar-refractivity contribution in [1.29, 1.82) is 0 Å². The van der Waals surface area contributed by atoms with Crippen molar-refractivity contribution in [2.24, 2.45) is 0 Å². The van der Waals surface area contributed by atoms with Crippen LogP contribution in [-0.2, 0) is 10.0 Å². The van der Waals surface area contributed by atoms with E-state index in [9.17, 15) is 17.6 Å². The molecule has 2 aromatic carbocycles. The predicted molar refractivity (Wildman–Crippen MR) is 86.7 cm³/mol. The van der Waals surface area contributed by atoms with E-state index in [-0.39, 0.29) is 22.0 Å². The molecule has 0 radical (unpaired) electrons. The fraction of sp³-hybridized carbons (Fsp3) is 0.133. The zero-order valence-electron chi connectivity index (χ0n) is 12.1. The topological polar surface area (TPSA) is 75.3 Å². The standard InChI is InChI=1S/C15H14ClFN2O3S/c1-2-18-23(21,22)10-7-8-13(17)11(9-10)15(20)19-14-6-4-3-5-12(14)16/h3-9,18H,2H2,1H3,(H,19,20). The third-order valence-corrected chi connectivity index (χ3v) is 4.82. The maximum Gasteiger partial charge on any atom is 0.258 e.